The second-order valence-corrected chi connectivity index (χ2v) is 4.60. The van der Waals surface area contributed by atoms with Crippen molar-refractivity contribution in [3.8, 4) is 0 Å². The molecule has 0 fully saturated rings. The Morgan fingerprint density at radius 3 is 3.00 bits per heavy atom. The van der Waals surface area contributed by atoms with Gasteiger partial charge in [-0.3, -0.25) is 10.5 Å². The maximum Gasteiger partial charge on any atom is 0.100 e. The zero-order valence-electron chi connectivity index (χ0n) is 9.92. The third-order valence-corrected chi connectivity index (χ3v) is 3.49. The topological polar surface area (TPSA) is 81.7 Å². The maximum atomic E-state index is 5.65. The molecule has 0 radical (unpaired) electrons. The van der Waals surface area contributed by atoms with E-state index in [0.29, 0.717) is 0 Å². The van der Waals surface area contributed by atoms with Crippen LogP contribution >= 0.6 is 11.5 Å². The monoisotopic (exact) mass is 252 g/mol. The van der Waals surface area contributed by atoms with Gasteiger partial charge in [-0.25, -0.2) is 5.43 Å². The predicted octanol–water partition coefficient (Wildman–Crippen LogP) is 0.777. The van der Waals surface area contributed by atoms with Crippen LogP contribution in [0.15, 0.2) is 12.3 Å². The number of hydrogen-bond donors (Lipinski definition) is 2. The molecule has 0 saturated heterocycles. The molecule has 0 saturated carbocycles. The van der Waals surface area contributed by atoms with Crippen molar-refractivity contribution in [2.24, 2.45) is 12.9 Å². The van der Waals surface area contributed by atoms with Crippen LogP contribution in [0.25, 0.3) is 0 Å². The first kappa shape index (κ1) is 12.2. The predicted molar refractivity (Wildman–Crippen MR) is 66.3 cm³/mol. The Hall–Kier alpha value is -1.31. The Bertz CT molecular complexity index is 477. The van der Waals surface area contributed by atoms with E-state index < -0.39 is 0 Å². The molecule has 2 aromatic rings. The average molecular weight is 252 g/mol. The Morgan fingerprint density at radius 2 is 2.41 bits per heavy atom. The molecule has 17 heavy (non-hydrogen) atoms. The van der Waals surface area contributed by atoms with E-state index in [-0.39, 0.29) is 6.04 Å². The molecule has 0 aliphatic carbocycles. The van der Waals surface area contributed by atoms with E-state index in [1.54, 1.807) is 10.9 Å². The molecule has 0 aromatic carbocycles. The van der Waals surface area contributed by atoms with Gasteiger partial charge < -0.3 is 0 Å². The summed E-state index contributed by atoms with van der Waals surface area (Å²) in [6, 6.07) is 1.85. The molecule has 7 heteroatoms. The SMILES string of the molecule is CCCc1nnsc1C(NN)c1ccnn1C. The number of nitrogens with one attached hydrogen (secondary N) is 1. The molecule has 0 spiro atoms. The fourth-order valence-corrected chi connectivity index (χ4v) is 2.58. The summed E-state index contributed by atoms with van der Waals surface area (Å²) in [4.78, 5) is 1.07. The maximum absolute atomic E-state index is 5.65. The van der Waals surface area contributed by atoms with Crippen LogP contribution in [0.5, 0.6) is 0 Å². The van der Waals surface area contributed by atoms with Crippen molar-refractivity contribution in [3.63, 3.8) is 0 Å². The number of hydrazine groups is 1. The van der Waals surface area contributed by atoms with Gasteiger partial charge in [-0.2, -0.15) is 5.10 Å². The summed E-state index contributed by atoms with van der Waals surface area (Å²) in [6.45, 7) is 2.12. The summed E-state index contributed by atoms with van der Waals surface area (Å²) in [5, 5.41) is 8.31. The fourth-order valence-electron chi connectivity index (χ4n) is 1.81. The highest BCUT2D eigenvalue weighted by Crippen LogP contribution is 2.26. The highest BCUT2D eigenvalue weighted by molar-refractivity contribution is 7.05. The van der Waals surface area contributed by atoms with Crippen molar-refractivity contribution in [2.75, 3.05) is 0 Å². The van der Waals surface area contributed by atoms with E-state index in [9.17, 15) is 0 Å². The number of aromatic nitrogens is 4. The van der Waals surface area contributed by atoms with Gasteiger partial charge in [0.15, 0.2) is 0 Å². The Labute approximate surface area is 104 Å². The lowest BCUT2D eigenvalue weighted by Crippen LogP contribution is -2.30. The Kier molecular flexibility index (Phi) is 3.82. The van der Waals surface area contributed by atoms with Gasteiger partial charge in [-0.1, -0.05) is 17.8 Å². The second-order valence-electron chi connectivity index (χ2n) is 3.81. The Balaban J connectivity index is 2.35. The van der Waals surface area contributed by atoms with Crippen LogP contribution in [-0.2, 0) is 13.5 Å². The fraction of sp³-hybridized carbons (Fsp3) is 0.500. The lowest BCUT2D eigenvalue weighted by atomic mass is 10.1. The van der Waals surface area contributed by atoms with Gasteiger partial charge in [0.2, 0.25) is 0 Å². The zero-order valence-corrected chi connectivity index (χ0v) is 10.7. The van der Waals surface area contributed by atoms with Crippen LogP contribution in [0, 0.1) is 0 Å². The first-order valence-electron chi connectivity index (χ1n) is 5.53. The van der Waals surface area contributed by atoms with Crippen molar-refractivity contribution in [1.82, 2.24) is 24.8 Å². The molecule has 3 N–H and O–H groups in total. The van der Waals surface area contributed by atoms with E-state index in [4.69, 9.17) is 5.84 Å². The van der Waals surface area contributed by atoms with Gasteiger partial charge in [0.05, 0.1) is 16.3 Å². The number of hydrogen-bond acceptors (Lipinski definition) is 6. The third kappa shape index (κ3) is 2.36. The van der Waals surface area contributed by atoms with Crippen LogP contribution in [0.4, 0.5) is 0 Å². The van der Waals surface area contributed by atoms with Gasteiger partial charge >= 0.3 is 0 Å². The largest absolute Gasteiger partial charge is 0.271 e. The number of nitrogens with zero attached hydrogens (tertiary/aromatic N) is 4. The van der Waals surface area contributed by atoms with E-state index in [1.165, 1.54) is 11.5 Å². The first-order valence-corrected chi connectivity index (χ1v) is 6.30. The minimum Gasteiger partial charge on any atom is -0.271 e. The van der Waals surface area contributed by atoms with Crippen molar-refractivity contribution < 1.29 is 0 Å². The van der Waals surface area contributed by atoms with Gasteiger partial charge in [-0.05, 0) is 24.0 Å². The van der Waals surface area contributed by atoms with Crippen molar-refractivity contribution >= 4 is 11.5 Å². The smallest absolute Gasteiger partial charge is 0.100 e. The summed E-state index contributed by atoms with van der Waals surface area (Å²) < 4.78 is 5.82. The summed E-state index contributed by atoms with van der Waals surface area (Å²) in [5.41, 5.74) is 4.84. The van der Waals surface area contributed by atoms with Crippen molar-refractivity contribution in [1.29, 1.82) is 0 Å². The van der Waals surface area contributed by atoms with Crippen molar-refractivity contribution in [2.45, 2.75) is 25.8 Å². The van der Waals surface area contributed by atoms with Gasteiger partial charge in [0.25, 0.3) is 0 Å². The minimum atomic E-state index is -0.0935. The van der Waals surface area contributed by atoms with Crippen LogP contribution < -0.4 is 11.3 Å². The number of aryl methyl sites for hydroxylation is 2. The van der Waals surface area contributed by atoms with E-state index >= 15 is 0 Å². The van der Waals surface area contributed by atoms with Crippen LogP contribution in [-0.4, -0.2) is 19.4 Å². The second kappa shape index (κ2) is 5.35. The highest BCUT2D eigenvalue weighted by Gasteiger charge is 2.21. The lowest BCUT2D eigenvalue weighted by Gasteiger charge is -2.15. The summed E-state index contributed by atoms with van der Waals surface area (Å²) in [6.07, 6.45) is 3.72. The quantitative estimate of drug-likeness (QED) is 0.607. The first-order chi connectivity index (χ1) is 8.27. The molecular formula is C10H16N6S. The molecule has 92 valence electrons. The van der Waals surface area contributed by atoms with Crippen molar-refractivity contribution in [3.05, 3.63) is 28.5 Å². The highest BCUT2D eigenvalue weighted by atomic mass is 32.1. The molecule has 1 atom stereocenters. The van der Waals surface area contributed by atoms with Crippen LogP contribution in [0.1, 0.15) is 35.7 Å². The van der Waals surface area contributed by atoms with Gasteiger partial charge in [-0.15, -0.1) is 5.10 Å². The molecule has 2 rings (SSSR count). The number of rotatable bonds is 5. The van der Waals surface area contributed by atoms with Gasteiger partial charge in [0.1, 0.15) is 6.04 Å². The molecule has 0 bridgehead atoms. The summed E-state index contributed by atoms with van der Waals surface area (Å²) in [5.74, 6) is 5.65. The third-order valence-electron chi connectivity index (χ3n) is 2.66. The molecule has 0 aliphatic heterocycles. The van der Waals surface area contributed by atoms with Gasteiger partial charge in [0, 0.05) is 13.2 Å². The van der Waals surface area contributed by atoms with E-state index in [0.717, 1.165) is 29.1 Å². The Morgan fingerprint density at radius 1 is 1.59 bits per heavy atom. The molecule has 0 amide bonds. The lowest BCUT2D eigenvalue weighted by molar-refractivity contribution is 0.576. The molecule has 2 aromatic heterocycles. The molecule has 6 nitrogen and oxygen atoms in total. The zero-order chi connectivity index (χ0) is 12.3. The molecule has 0 aliphatic rings. The number of nitrogens with two attached hydrogens (primary N) is 1. The van der Waals surface area contributed by atoms with E-state index in [1.807, 2.05) is 13.1 Å². The minimum absolute atomic E-state index is 0.0935. The summed E-state index contributed by atoms with van der Waals surface area (Å²) >= 11 is 1.38. The summed E-state index contributed by atoms with van der Waals surface area (Å²) in [7, 11) is 1.90. The molecule has 1 unspecified atom stereocenters. The van der Waals surface area contributed by atoms with E-state index in [2.05, 4.69) is 27.0 Å². The molecular weight excluding hydrogens is 236 g/mol. The van der Waals surface area contributed by atoms with Crippen LogP contribution in [0.2, 0.25) is 0 Å². The standard InChI is InChI=1S/C10H16N6S/c1-3-4-7-10(17-15-14-7)9(13-11)8-5-6-12-16(8)2/h5-6,9,13H,3-4,11H2,1-2H3. The van der Waals surface area contributed by atoms with Crippen LogP contribution in [0.3, 0.4) is 0 Å². The average Bonchev–Trinajstić information content (AvgIpc) is 2.92. The normalized spacial score (nSPS) is 12.9. The molecule has 2 heterocycles.